The molecule has 3 aromatic rings. The van der Waals surface area contributed by atoms with E-state index >= 15 is 0 Å². The lowest BCUT2D eigenvalue weighted by Gasteiger charge is -2.34. The molecule has 0 aliphatic carbocycles. The van der Waals surface area contributed by atoms with Gasteiger partial charge in [-0.15, -0.1) is 5.10 Å². The number of hydrogen-bond acceptors (Lipinski definition) is 4. The Hall–Kier alpha value is -2.70. The predicted octanol–water partition coefficient (Wildman–Crippen LogP) is 1.86. The van der Waals surface area contributed by atoms with Crippen LogP contribution in [0, 0.1) is 18.8 Å². The maximum atomic E-state index is 12.8. The van der Waals surface area contributed by atoms with E-state index in [0.29, 0.717) is 23.3 Å². The van der Waals surface area contributed by atoms with E-state index in [1.165, 1.54) is 9.08 Å². The highest BCUT2D eigenvalue weighted by Crippen LogP contribution is 2.21. The van der Waals surface area contributed by atoms with Crippen molar-refractivity contribution >= 4 is 22.5 Å². The first kappa shape index (κ1) is 16.8. The maximum absolute atomic E-state index is 12.8. The summed E-state index contributed by atoms with van der Waals surface area (Å²) in [5.41, 5.74) is 1.02. The standard InChI is InChI=1S/C19H23N5O2/c1-12-8-13(2)10-22(9-12)17(25)11-23-19(26)24-14(3)20-16-7-5-4-6-15(16)18(24)21-23/h4-7,12-13H,8-11H2,1-3H3/t12-,13+. The Bertz CT molecular complexity index is 1040. The highest BCUT2D eigenvalue weighted by Gasteiger charge is 2.26. The van der Waals surface area contributed by atoms with Crippen LogP contribution in [0.1, 0.15) is 26.1 Å². The van der Waals surface area contributed by atoms with Crippen LogP contribution >= 0.6 is 0 Å². The predicted molar refractivity (Wildman–Crippen MR) is 99.0 cm³/mol. The molecule has 1 aliphatic rings. The van der Waals surface area contributed by atoms with Gasteiger partial charge in [0, 0.05) is 18.5 Å². The molecule has 1 aromatic carbocycles. The lowest BCUT2D eigenvalue weighted by molar-refractivity contribution is -0.134. The second-order valence-corrected chi connectivity index (χ2v) is 7.52. The number of carbonyl (C=O) groups excluding carboxylic acids is 1. The minimum Gasteiger partial charge on any atom is -0.341 e. The molecule has 1 fully saturated rings. The fourth-order valence-electron chi connectivity index (χ4n) is 4.06. The number of hydrogen-bond donors (Lipinski definition) is 0. The number of rotatable bonds is 2. The zero-order valence-electron chi connectivity index (χ0n) is 15.3. The van der Waals surface area contributed by atoms with E-state index in [9.17, 15) is 9.59 Å². The van der Waals surface area contributed by atoms with E-state index in [4.69, 9.17) is 0 Å². The lowest BCUT2D eigenvalue weighted by Crippen LogP contribution is -2.45. The quantitative estimate of drug-likeness (QED) is 0.705. The van der Waals surface area contributed by atoms with E-state index in [-0.39, 0.29) is 18.1 Å². The molecule has 1 aliphatic heterocycles. The third kappa shape index (κ3) is 2.77. The smallest absolute Gasteiger partial charge is 0.341 e. The first-order valence-electron chi connectivity index (χ1n) is 9.06. The molecule has 26 heavy (non-hydrogen) atoms. The molecule has 7 heteroatoms. The molecule has 0 saturated carbocycles. The second-order valence-electron chi connectivity index (χ2n) is 7.52. The molecule has 0 N–H and O–H groups in total. The third-order valence-electron chi connectivity index (χ3n) is 5.10. The summed E-state index contributed by atoms with van der Waals surface area (Å²) in [5, 5.41) is 5.26. The van der Waals surface area contributed by atoms with E-state index in [0.717, 1.165) is 30.4 Å². The number of nitrogens with zero attached hydrogens (tertiary/aromatic N) is 5. The van der Waals surface area contributed by atoms with Crippen LogP contribution in [-0.2, 0) is 11.3 Å². The molecular formula is C19H23N5O2. The van der Waals surface area contributed by atoms with E-state index in [1.54, 1.807) is 6.92 Å². The van der Waals surface area contributed by atoms with Crippen LogP contribution in [-0.4, -0.2) is 43.1 Å². The lowest BCUT2D eigenvalue weighted by atomic mass is 9.92. The summed E-state index contributed by atoms with van der Waals surface area (Å²) in [7, 11) is 0. The summed E-state index contributed by atoms with van der Waals surface area (Å²) in [5.74, 6) is 1.48. The number of carbonyl (C=O) groups is 1. The normalized spacial score (nSPS) is 20.8. The molecule has 136 valence electrons. The molecule has 3 heterocycles. The maximum Gasteiger partial charge on any atom is 0.352 e. The average Bonchev–Trinajstić information content (AvgIpc) is 2.91. The molecule has 4 rings (SSSR count). The van der Waals surface area contributed by atoms with Crippen molar-refractivity contribution in [2.24, 2.45) is 11.8 Å². The molecule has 0 radical (unpaired) electrons. The molecule has 2 atom stereocenters. The summed E-state index contributed by atoms with van der Waals surface area (Å²) in [6.45, 7) is 7.56. The van der Waals surface area contributed by atoms with Gasteiger partial charge in [-0.3, -0.25) is 4.79 Å². The fourth-order valence-corrected chi connectivity index (χ4v) is 4.06. The van der Waals surface area contributed by atoms with Gasteiger partial charge in [-0.2, -0.15) is 0 Å². The van der Waals surface area contributed by atoms with E-state index in [1.807, 2.05) is 29.2 Å². The topological polar surface area (TPSA) is 72.5 Å². The fraction of sp³-hybridized carbons (Fsp3) is 0.474. The monoisotopic (exact) mass is 353 g/mol. The van der Waals surface area contributed by atoms with Crippen molar-refractivity contribution in [2.45, 2.75) is 33.7 Å². The van der Waals surface area contributed by atoms with Crippen molar-refractivity contribution in [2.75, 3.05) is 13.1 Å². The Morgan fingerprint density at radius 1 is 1.19 bits per heavy atom. The summed E-state index contributed by atoms with van der Waals surface area (Å²) in [4.78, 5) is 31.9. The summed E-state index contributed by atoms with van der Waals surface area (Å²) in [6, 6.07) is 7.59. The van der Waals surface area contributed by atoms with E-state index in [2.05, 4.69) is 23.9 Å². The van der Waals surface area contributed by atoms with Crippen molar-refractivity contribution in [3.05, 3.63) is 40.6 Å². The number of amides is 1. The van der Waals surface area contributed by atoms with Crippen molar-refractivity contribution < 1.29 is 4.79 Å². The summed E-state index contributed by atoms with van der Waals surface area (Å²) >= 11 is 0. The number of fused-ring (bicyclic) bond motifs is 3. The summed E-state index contributed by atoms with van der Waals surface area (Å²) < 4.78 is 2.75. The van der Waals surface area contributed by atoms with Crippen LogP contribution in [0.2, 0.25) is 0 Å². The molecule has 7 nitrogen and oxygen atoms in total. The van der Waals surface area contributed by atoms with Gasteiger partial charge >= 0.3 is 5.69 Å². The zero-order valence-corrected chi connectivity index (χ0v) is 15.3. The Kier molecular flexibility index (Phi) is 4.01. The molecule has 1 amide bonds. The Morgan fingerprint density at radius 3 is 2.62 bits per heavy atom. The highest BCUT2D eigenvalue weighted by molar-refractivity contribution is 5.91. The van der Waals surface area contributed by atoms with Crippen LogP contribution in [0.25, 0.3) is 16.6 Å². The van der Waals surface area contributed by atoms with Crippen LogP contribution in [0.15, 0.2) is 29.1 Å². The number of likely N-dealkylation sites (tertiary alicyclic amines) is 1. The molecular weight excluding hydrogens is 330 g/mol. The number of aromatic nitrogens is 4. The molecule has 0 bridgehead atoms. The van der Waals surface area contributed by atoms with Gasteiger partial charge in [0.15, 0.2) is 5.65 Å². The first-order valence-corrected chi connectivity index (χ1v) is 9.06. The second kappa shape index (κ2) is 6.23. The Labute approximate surface area is 151 Å². The number of aryl methyl sites for hydroxylation is 1. The highest BCUT2D eigenvalue weighted by atomic mass is 16.2. The zero-order chi connectivity index (χ0) is 18.4. The molecule has 2 aromatic heterocycles. The number of piperidine rings is 1. The van der Waals surface area contributed by atoms with Crippen LogP contribution in [0.3, 0.4) is 0 Å². The van der Waals surface area contributed by atoms with Gasteiger partial charge in [0.25, 0.3) is 0 Å². The summed E-state index contributed by atoms with van der Waals surface area (Å²) in [6.07, 6.45) is 1.13. The van der Waals surface area contributed by atoms with Gasteiger partial charge in [-0.1, -0.05) is 26.0 Å². The van der Waals surface area contributed by atoms with Gasteiger partial charge in [0.1, 0.15) is 12.4 Å². The van der Waals surface area contributed by atoms with Gasteiger partial charge in [-0.25, -0.2) is 18.9 Å². The van der Waals surface area contributed by atoms with Gasteiger partial charge in [0.05, 0.1) is 5.52 Å². The van der Waals surface area contributed by atoms with Crippen molar-refractivity contribution in [1.29, 1.82) is 0 Å². The van der Waals surface area contributed by atoms with E-state index < -0.39 is 0 Å². The Balaban J connectivity index is 1.72. The third-order valence-corrected chi connectivity index (χ3v) is 5.10. The van der Waals surface area contributed by atoms with Crippen molar-refractivity contribution in [3.8, 4) is 0 Å². The minimum atomic E-state index is -0.317. The Morgan fingerprint density at radius 2 is 1.88 bits per heavy atom. The molecule has 0 spiro atoms. The molecule has 0 unspecified atom stereocenters. The van der Waals surface area contributed by atoms with Gasteiger partial charge < -0.3 is 4.90 Å². The van der Waals surface area contributed by atoms with Gasteiger partial charge in [-0.05, 0) is 37.3 Å². The van der Waals surface area contributed by atoms with Crippen LogP contribution < -0.4 is 5.69 Å². The minimum absolute atomic E-state index is 0.0340. The number of benzene rings is 1. The van der Waals surface area contributed by atoms with Crippen LogP contribution in [0.5, 0.6) is 0 Å². The van der Waals surface area contributed by atoms with Crippen LogP contribution in [0.4, 0.5) is 0 Å². The number of para-hydroxylation sites is 1. The van der Waals surface area contributed by atoms with Crippen molar-refractivity contribution in [1.82, 2.24) is 24.1 Å². The SMILES string of the molecule is Cc1nc2ccccc2c2nn(CC(=O)N3C[C@H](C)C[C@H](C)C3)c(=O)n12. The largest absolute Gasteiger partial charge is 0.352 e. The molecule has 1 saturated heterocycles. The van der Waals surface area contributed by atoms with Gasteiger partial charge in [0.2, 0.25) is 5.91 Å². The average molecular weight is 353 g/mol. The van der Waals surface area contributed by atoms with Crippen molar-refractivity contribution in [3.63, 3.8) is 0 Å². The first-order chi connectivity index (χ1) is 12.4.